The van der Waals surface area contributed by atoms with Crippen LogP contribution in [0.2, 0.25) is 10.0 Å². The van der Waals surface area contributed by atoms with Gasteiger partial charge in [0.2, 0.25) is 5.91 Å². The van der Waals surface area contributed by atoms with Crippen LogP contribution in [0, 0.1) is 6.92 Å². The van der Waals surface area contributed by atoms with Crippen molar-refractivity contribution < 1.29 is 4.79 Å². The predicted molar refractivity (Wildman–Crippen MR) is 142 cm³/mol. The molecule has 1 amide bonds. The van der Waals surface area contributed by atoms with Crippen molar-refractivity contribution in [3.8, 4) is 11.4 Å². The van der Waals surface area contributed by atoms with Crippen LogP contribution in [-0.4, -0.2) is 15.9 Å². The largest absolute Gasteiger partial charge is 0.353 e. The zero-order chi connectivity index (χ0) is 23.7. The Labute approximate surface area is 207 Å². The number of nitrogens with zero attached hydrogens (tertiary/aromatic N) is 1. The van der Waals surface area contributed by atoms with Crippen molar-refractivity contribution in [2.24, 2.45) is 0 Å². The van der Waals surface area contributed by atoms with Gasteiger partial charge in [-0.1, -0.05) is 59.1 Å². The van der Waals surface area contributed by atoms with E-state index in [1.54, 1.807) is 18.2 Å². The minimum absolute atomic E-state index is 0.0557. The number of aromatic amines is 1. The summed E-state index contributed by atoms with van der Waals surface area (Å²) in [6.45, 7) is 2.09. The van der Waals surface area contributed by atoms with Crippen LogP contribution in [0.4, 0.5) is 5.69 Å². The van der Waals surface area contributed by atoms with Gasteiger partial charge in [0.1, 0.15) is 0 Å². The van der Waals surface area contributed by atoms with Crippen LogP contribution >= 0.6 is 23.2 Å². The predicted octanol–water partition coefficient (Wildman–Crippen LogP) is 7.96. The lowest BCUT2D eigenvalue weighted by Gasteiger charge is -2.08. The monoisotopic (exact) mass is 487 g/mol. The molecule has 0 bridgehead atoms. The van der Waals surface area contributed by atoms with E-state index in [2.05, 4.69) is 53.6 Å². The number of H-pyrrole nitrogens is 1. The van der Waals surface area contributed by atoms with E-state index in [-0.39, 0.29) is 5.91 Å². The van der Waals surface area contributed by atoms with Gasteiger partial charge in [0, 0.05) is 28.4 Å². The molecule has 2 N–H and O–H groups in total. The minimum Gasteiger partial charge on any atom is -0.353 e. The summed E-state index contributed by atoms with van der Waals surface area (Å²) in [6, 6.07) is 23.8. The topological polar surface area (TPSA) is 57.8 Å². The number of pyridine rings is 1. The molecular weight excluding hydrogens is 465 g/mol. The molecule has 0 saturated carbocycles. The summed E-state index contributed by atoms with van der Waals surface area (Å²) < 4.78 is 0. The second kappa shape index (κ2) is 9.49. The van der Waals surface area contributed by atoms with Crippen LogP contribution < -0.4 is 5.32 Å². The summed E-state index contributed by atoms with van der Waals surface area (Å²) in [7, 11) is 0. The molecule has 3 aromatic carbocycles. The Morgan fingerprint density at radius 1 is 0.971 bits per heavy atom. The van der Waals surface area contributed by atoms with Crippen LogP contribution in [0.5, 0.6) is 0 Å². The maximum absolute atomic E-state index is 12.5. The first-order valence-corrected chi connectivity index (χ1v) is 12.0. The highest BCUT2D eigenvalue weighted by molar-refractivity contribution is 6.42. The van der Waals surface area contributed by atoms with Gasteiger partial charge in [-0.05, 0) is 67.8 Å². The van der Waals surface area contributed by atoms with Crippen molar-refractivity contribution in [2.45, 2.75) is 26.2 Å². The van der Waals surface area contributed by atoms with Crippen LogP contribution in [-0.2, 0) is 11.2 Å². The number of rotatable bonds is 6. The molecule has 5 aromatic rings. The molecule has 170 valence electrons. The summed E-state index contributed by atoms with van der Waals surface area (Å²) in [5.41, 5.74) is 6.97. The van der Waals surface area contributed by atoms with E-state index < -0.39 is 0 Å². The van der Waals surface area contributed by atoms with Crippen LogP contribution in [0.25, 0.3) is 33.2 Å². The second-order valence-corrected chi connectivity index (χ2v) is 9.26. The Bertz CT molecular complexity index is 1520. The lowest BCUT2D eigenvalue weighted by Crippen LogP contribution is -2.11. The highest BCUT2D eigenvalue weighted by atomic mass is 35.5. The maximum Gasteiger partial charge on any atom is 0.224 e. The first kappa shape index (κ1) is 22.5. The molecule has 5 rings (SSSR count). The Morgan fingerprint density at radius 2 is 1.82 bits per heavy atom. The molecule has 4 nitrogen and oxygen atoms in total. The van der Waals surface area contributed by atoms with Gasteiger partial charge in [-0.15, -0.1) is 0 Å². The third-order valence-corrected chi connectivity index (χ3v) is 6.69. The molecule has 34 heavy (non-hydrogen) atoms. The Kier molecular flexibility index (Phi) is 6.27. The Hall–Kier alpha value is -3.34. The number of hydrogen-bond acceptors (Lipinski definition) is 2. The number of para-hydroxylation sites is 1. The number of halogens is 2. The number of carbonyl (C=O) groups is 1. The summed E-state index contributed by atoms with van der Waals surface area (Å²) in [5.74, 6) is -0.0557. The van der Waals surface area contributed by atoms with Gasteiger partial charge in [0.05, 0.1) is 26.9 Å². The number of carbonyl (C=O) groups excluding carboxylic acids is 1. The first-order chi connectivity index (χ1) is 16.5. The molecular formula is C28H23Cl2N3O. The molecule has 0 saturated heterocycles. The fourth-order valence-corrected chi connectivity index (χ4v) is 4.57. The highest BCUT2D eigenvalue weighted by Gasteiger charge is 2.16. The van der Waals surface area contributed by atoms with E-state index in [4.69, 9.17) is 28.2 Å². The van der Waals surface area contributed by atoms with Gasteiger partial charge in [-0.3, -0.25) is 4.79 Å². The first-order valence-electron chi connectivity index (χ1n) is 11.2. The number of anilines is 1. The summed E-state index contributed by atoms with van der Waals surface area (Å²) >= 11 is 12.0. The number of aromatic nitrogens is 2. The normalized spacial score (nSPS) is 11.3. The fourth-order valence-electron chi connectivity index (χ4n) is 4.27. The Morgan fingerprint density at radius 3 is 2.68 bits per heavy atom. The summed E-state index contributed by atoms with van der Waals surface area (Å²) in [6.07, 6.45) is 1.85. The van der Waals surface area contributed by atoms with Gasteiger partial charge in [-0.25, -0.2) is 4.98 Å². The van der Waals surface area contributed by atoms with E-state index in [0.29, 0.717) is 28.6 Å². The average molecular weight is 488 g/mol. The lowest BCUT2D eigenvalue weighted by atomic mass is 10.0. The third kappa shape index (κ3) is 4.65. The minimum atomic E-state index is -0.0557. The zero-order valence-corrected chi connectivity index (χ0v) is 20.2. The van der Waals surface area contributed by atoms with Crippen LogP contribution in [0.3, 0.4) is 0 Å². The fraction of sp³-hybridized carbons (Fsp3) is 0.143. The molecule has 0 radical (unpaired) electrons. The summed E-state index contributed by atoms with van der Waals surface area (Å²) in [5, 5.41) is 6.07. The molecule has 0 aliphatic heterocycles. The molecule has 0 spiro atoms. The second-order valence-electron chi connectivity index (χ2n) is 8.45. The number of benzene rings is 3. The number of aryl methyl sites for hydroxylation is 2. The van der Waals surface area contributed by atoms with Crippen molar-refractivity contribution in [2.75, 3.05) is 5.32 Å². The number of amides is 1. The molecule has 0 fully saturated rings. The van der Waals surface area contributed by atoms with Gasteiger partial charge in [0.15, 0.2) is 0 Å². The molecule has 0 aliphatic rings. The van der Waals surface area contributed by atoms with Crippen molar-refractivity contribution in [3.05, 3.63) is 94.0 Å². The smallest absolute Gasteiger partial charge is 0.224 e. The lowest BCUT2D eigenvalue weighted by molar-refractivity contribution is -0.116. The molecule has 0 aliphatic carbocycles. The number of nitrogens with one attached hydrogen (secondary N) is 2. The molecule has 6 heteroatoms. The van der Waals surface area contributed by atoms with Gasteiger partial charge >= 0.3 is 0 Å². The SMILES string of the molecule is Cc1ccc2[nH]c(-c3ccc4ccccc4n3)c(CCCC(=O)Nc3ccc(Cl)c(Cl)c3)c2c1. The van der Waals surface area contributed by atoms with Gasteiger partial charge < -0.3 is 10.3 Å². The van der Waals surface area contributed by atoms with Crippen molar-refractivity contribution >= 4 is 56.6 Å². The Balaban J connectivity index is 1.39. The van der Waals surface area contributed by atoms with Crippen molar-refractivity contribution in [3.63, 3.8) is 0 Å². The van der Waals surface area contributed by atoms with E-state index >= 15 is 0 Å². The van der Waals surface area contributed by atoms with Crippen LogP contribution in [0.1, 0.15) is 24.0 Å². The van der Waals surface area contributed by atoms with Gasteiger partial charge in [0.25, 0.3) is 0 Å². The number of hydrogen-bond donors (Lipinski definition) is 2. The molecule has 2 heterocycles. The maximum atomic E-state index is 12.5. The number of fused-ring (bicyclic) bond motifs is 2. The van der Waals surface area contributed by atoms with E-state index in [0.717, 1.165) is 34.2 Å². The zero-order valence-electron chi connectivity index (χ0n) is 18.7. The van der Waals surface area contributed by atoms with Crippen LogP contribution in [0.15, 0.2) is 72.8 Å². The summed E-state index contributed by atoms with van der Waals surface area (Å²) in [4.78, 5) is 21.0. The molecule has 2 aromatic heterocycles. The van der Waals surface area contributed by atoms with Crippen molar-refractivity contribution in [1.29, 1.82) is 0 Å². The van der Waals surface area contributed by atoms with E-state index in [9.17, 15) is 4.79 Å². The molecule has 0 unspecified atom stereocenters. The van der Waals surface area contributed by atoms with Crippen molar-refractivity contribution in [1.82, 2.24) is 9.97 Å². The van der Waals surface area contributed by atoms with E-state index in [1.807, 2.05) is 18.2 Å². The third-order valence-electron chi connectivity index (χ3n) is 5.95. The molecule has 0 atom stereocenters. The average Bonchev–Trinajstić information content (AvgIpc) is 3.19. The van der Waals surface area contributed by atoms with E-state index in [1.165, 1.54) is 16.5 Å². The quantitative estimate of drug-likeness (QED) is 0.255. The van der Waals surface area contributed by atoms with Gasteiger partial charge in [-0.2, -0.15) is 0 Å². The standard InChI is InChI=1S/C28H23Cl2N3O/c1-17-9-13-25-21(15-17)20(6-4-8-27(34)31-19-11-12-22(29)23(30)16-19)28(33-25)26-14-10-18-5-2-3-7-24(18)32-26/h2-3,5,7,9-16,33H,4,6,8H2,1H3,(H,31,34). The highest BCUT2D eigenvalue weighted by Crippen LogP contribution is 2.32.